The molecule has 0 bridgehead atoms. The zero-order valence-electron chi connectivity index (χ0n) is 17.3. The van der Waals surface area contributed by atoms with Crippen LogP contribution in [-0.4, -0.2) is 15.8 Å². The van der Waals surface area contributed by atoms with Crippen LogP contribution in [0.4, 0.5) is 11.4 Å². The Labute approximate surface area is 188 Å². The molecule has 0 saturated carbocycles. The molecule has 0 atom stereocenters. The smallest absolute Gasteiger partial charge is 0.270 e. The van der Waals surface area contributed by atoms with Crippen molar-refractivity contribution in [2.24, 2.45) is 0 Å². The molecule has 5 aromatic rings. The molecule has 0 unspecified atom stereocenters. The largest absolute Gasteiger partial charge is 0.436 e. The number of nitro groups is 1. The summed E-state index contributed by atoms with van der Waals surface area (Å²) in [7, 11) is 0. The van der Waals surface area contributed by atoms with Crippen molar-refractivity contribution in [2.45, 2.75) is 0 Å². The number of oxazole rings is 1. The van der Waals surface area contributed by atoms with Crippen molar-refractivity contribution in [3.8, 4) is 11.5 Å². The number of rotatable bonds is 5. The van der Waals surface area contributed by atoms with Gasteiger partial charge in [0, 0.05) is 23.6 Å². The summed E-state index contributed by atoms with van der Waals surface area (Å²) in [6.45, 7) is 0. The summed E-state index contributed by atoms with van der Waals surface area (Å²) in [6.07, 6.45) is 2.85. The summed E-state index contributed by atoms with van der Waals surface area (Å²) in [5.41, 5.74) is 3.13. The molecule has 7 nitrogen and oxygen atoms in total. The lowest BCUT2D eigenvalue weighted by molar-refractivity contribution is -0.384. The lowest BCUT2D eigenvalue weighted by Gasteiger charge is -2.06. The first-order valence-electron chi connectivity index (χ1n) is 10.2. The van der Waals surface area contributed by atoms with Gasteiger partial charge in [0.05, 0.1) is 16.2 Å². The third kappa shape index (κ3) is 4.07. The molecule has 1 N–H and O–H groups in total. The standard InChI is InChI=1S/C26H17N3O4/c30-24(15-12-17-6-5-8-19(16-17)29(31)32)27-22-11-4-3-10-21(22)26-28-25-20-9-2-1-7-18(20)13-14-23(25)33-26/h1-16H,(H,27,30). The number of nitrogens with one attached hydrogen (secondary N) is 1. The molecular formula is C26H17N3O4. The van der Waals surface area contributed by atoms with E-state index in [0.29, 0.717) is 28.3 Å². The highest BCUT2D eigenvalue weighted by atomic mass is 16.6. The van der Waals surface area contributed by atoms with Crippen molar-refractivity contribution in [1.29, 1.82) is 0 Å². The lowest BCUT2D eigenvalue weighted by Crippen LogP contribution is -2.08. The number of carbonyl (C=O) groups excluding carboxylic acids is 1. The molecule has 0 fully saturated rings. The van der Waals surface area contributed by atoms with E-state index >= 15 is 0 Å². The van der Waals surface area contributed by atoms with E-state index in [4.69, 9.17) is 9.40 Å². The Morgan fingerprint density at radius 3 is 2.67 bits per heavy atom. The fraction of sp³-hybridized carbons (Fsp3) is 0. The first kappa shape index (κ1) is 20.1. The number of fused-ring (bicyclic) bond motifs is 3. The third-order valence-corrected chi connectivity index (χ3v) is 5.21. The van der Waals surface area contributed by atoms with Crippen molar-refractivity contribution in [2.75, 3.05) is 5.32 Å². The van der Waals surface area contributed by atoms with Crippen molar-refractivity contribution < 1.29 is 14.1 Å². The van der Waals surface area contributed by atoms with Crippen LogP contribution in [0.1, 0.15) is 5.56 Å². The van der Waals surface area contributed by atoms with Gasteiger partial charge in [-0.05, 0) is 35.2 Å². The average Bonchev–Trinajstić information content (AvgIpc) is 3.28. The van der Waals surface area contributed by atoms with Gasteiger partial charge in [0.15, 0.2) is 5.58 Å². The monoisotopic (exact) mass is 435 g/mol. The van der Waals surface area contributed by atoms with Crippen molar-refractivity contribution >= 4 is 45.2 Å². The van der Waals surface area contributed by atoms with Crippen LogP contribution >= 0.6 is 0 Å². The molecule has 7 heteroatoms. The lowest BCUT2D eigenvalue weighted by atomic mass is 10.1. The molecule has 1 heterocycles. The number of anilines is 1. The highest BCUT2D eigenvalue weighted by Crippen LogP contribution is 2.33. The van der Waals surface area contributed by atoms with E-state index in [2.05, 4.69) is 5.32 Å². The van der Waals surface area contributed by atoms with E-state index in [1.807, 2.05) is 48.5 Å². The van der Waals surface area contributed by atoms with E-state index in [0.717, 1.165) is 16.3 Å². The van der Waals surface area contributed by atoms with Gasteiger partial charge in [0.25, 0.3) is 5.69 Å². The Morgan fingerprint density at radius 2 is 1.79 bits per heavy atom. The van der Waals surface area contributed by atoms with E-state index in [1.165, 1.54) is 24.3 Å². The molecule has 0 aliphatic carbocycles. The average molecular weight is 435 g/mol. The molecule has 160 valence electrons. The Morgan fingerprint density at radius 1 is 0.970 bits per heavy atom. The van der Waals surface area contributed by atoms with Crippen molar-refractivity contribution in [3.05, 3.63) is 107 Å². The van der Waals surface area contributed by atoms with Crippen LogP contribution in [0.5, 0.6) is 0 Å². The molecular weight excluding hydrogens is 418 g/mol. The van der Waals surface area contributed by atoms with Crippen LogP contribution in [-0.2, 0) is 4.79 Å². The highest BCUT2D eigenvalue weighted by Gasteiger charge is 2.15. The zero-order valence-corrected chi connectivity index (χ0v) is 17.3. The minimum absolute atomic E-state index is 0.0358. The second kappa shape index (κ2) is 8.39. The van der Waals surface area contributed by atoms with E-state index in [9.17, 15) is 14.9 Å². The maximum Gasteiger partial charge on any atom is 0.270 e. The summed E-state index contributed by atoms with van der Waals surface area (Å²) in [4.78, 5) is 27.7. The summed E-state index contributed by atoms with van der Waals surface area (Å²) in [5, 5.41) is 15.8. The normalized spacial score (nSPS) is 11.3. The predicted octanol–water partition coefficient (Wildman–Crippen LogP) is 6.21. The number of non-ortho nitro benzene ring substituents is 1. The Hall–Kier alpha value is -4.78. The second-order valence-electron chi connectivity index (χ2n) is 7.37. The van der Waals surface area contributed by atoms with Gasteiger partial charge in [-0.3, -0.25) is 14.9 Å². The highest BCUT2D eigenvalue weighted by molar-refractivity contribution is 6.06. The molecule has 0 aliphatic rings. The van der Waals surface area contributed by atoms with Crippen molar-refractivity contribution in [1.82, 2.24) is 4.98 Å². The summed E-state index contributed by atoms with van der Waals surface area (Å²) in [6, 6.07) is 25.1. The van der Waals surface area contributed by atoms with Crippen LogP contribution in [0.2, 0.25) is 0 Å². The number of para-hydroxylation sites is 1. The van der Waals surface area contributed by atoms with Gasteiger partial charge in [-0.15, -0.1) is 0 Å². The van der Waals surface area contributed by atoms with Gasteiger partial charge in [-0.1, -0.05) is 54.6 Å². The predicted molar refractivity (Wildman–Crippen MR) is 128 cm³/mol. The van der Waals surface area contributed by atoms with Crippen LogP contribution in [0.15, 0.2) is 95.4 Å². The van der Waals surface area contributed by atoms with E-state index < -0.39 is 4.92 Å². The van der Waals surface area contributed by atoms with E-state index in [1.54, 1.807) is 24.3 Å². The number of aromatic nitrogens is 1. The first-order valence-corrected chi connectivity index (χ1v) is 10.2. The number of hydrogen-bond donors (Lipinski definition) is 1. The van der Waals surface area contributed by atoms with Crippen LogP contribution < -0.4 is 5.32 Å². The molecule has 33 heavy (non-hydrogen) atoms. The van der Waals surface area contributed by atoms with Gasteiger partial charge in [-0.2, -0.15) is 0 Å². The zero-order chi connectivity index (χ0) is 22.8. The third-order valence-electron chi connectivity index (χ3n) is 5.21. The quantitative estimate of drug-likeness (QED) is 0.201. The molecule has 5 rings (SSSR count). The van der Waals surface area contributed by atoms with Gasteiger partial charge in [0.2, 0.25) is 11.8 Å². The minimum Gasteiger partial charge on any atom is -0.436 e. The molecule has 0 spiro atoms. The maximum atomic E-state index is 12.6. The number of nitrogens with zero attached hydrogens (tertiary/aromatic N) is 2. The van der Waals surface area contributed by atoms with Crippen LogP contribution in [0.3, 0.4) is 0 Å². The fourth-order valence-electron chi connectivity index (χ4n) is 3.64. The number of amides is 1. The second-order valence-corrected chi connectivity index (χ2v) is 7.37. The molecule has 0 saturated heterocycles. The Kier molecular flexibility index (Phi) is 5.12. The number of carbonyl (C=O) groups is 1. The SMILES string of the molecule is O=C(C=Cc1cccc([N+](=O)[O-])c1)Nc1ccccc1-c1nc2c(ccc3ccccc32)o1. The Balaban J connectivity index is 1.44. The minimum atomic E-state index is -0.475. The number of nitro benzene ring substituents is 1. The van der Waals surface area contributed by atoms with Gasteiger partial charge in [0.1, 0.15) is 5.52 Å². The van der Waals surface area contributed by atoms with Gasteiger partial charge < -0.3 is 9.73 Å². The van der Waals surface area contributed by atoms with Gasteiger partial charge >= 0.3 is 0 Å². The first-order chi connectivity index (χ1) is 16.1. The molecule has 1 aromatic heterocycles. The molecule has 0 aliphatic heterocycles. The summed E-state index contributed by atoms with van der Waals surface area (Å²) in [5.74, 6) is 0.0235. The number of benzene rings is 4. The topological polar surface area (TPSA) is 98.3 Å². The number of hydrogen-bond acceptors (Lipinski definition) is 5. The Bertz CT molecular complexity index is 1550. The summed E-state index contributed by atoms with van der Waals surface area (Å²) >= 11 is 0. The molecule has 1 amide bonds. The van der Waals surface area contributed by atoms with Gasteiger partial charge in [-0.25, -0.2) is 4.98 Å². The maximum absolute atomic E-state index is 12.6. The fourth-order valence-corrected chi connectivity index (χ4v) is 3.64. The van der Waals surface area contributed by atoms with Crippen LogP contribution in [0, 0.1) is 10.1 Å². The molecule has 4 aromatic carbocycles. The van der Waals surface area contributed by atoms with Crippen molar-refractivity contribution in [3.63, 3.8) is 0 Å². The summed E-state index contributed by atoms with van der Waals surface area (Å²) < 4.78 is 6.01. The molecule has 0 radical (unpaired) electrons. The van der Waals surface area contributed by atoms with Crippen LogP contribution in [0.25, 0.3) is 39.4 Å². The van der Waals surface area contributed by atoms with E-state index in [-0.39, 0.29) is 11.6 Å².